The van der Waals surface area contributed by atoms with Gasteiger partial charge in [0.05, 0.1) is 5.69 Å². The molecule has 1 rings (SSSR count). The first-order valence-electron chi connectivity index (χ1n) is 6.08. The normalized spacial score (nSPS) is 12.4. The molecule has 0 fully saturated rings. The van der Waals surface area contributed by atoms with E-state index in [0.29, 0.717) is 27.5 Å². The molecule has 1 amide bonds. The number of nitrogen functional groups attached to an aromatic ring is 1. The monoisotopic (exact) mass is 346 g/mol. The second kappa shape index (κ2) is 7.65. The van der Waals surface area contributed by atoms with Gasteiger partial charge < -0.3 is 11.1 Å². The van der Waals surface area contributed by atoms with Crippen molar-refractivity contribution in [1.82, 2.24) is 0 Å². The number of nitrogens with two attached hydrogens (primary N) is 1. The highest BCUT2D eigenvalue weighted by Crippen LogP contribution is 2.24. The van der Waals surface area contributed by atoms with Crippen LogP contribution >= 0.6 is 15.9 Å². The zero-order chi connectivity index (χ0) is 14.4. The fourth-order valence-corrected chi connectivity index (χ4v) is 3.14. The Morgan fingerprint density at radius 2 is 2.16 bits per heavy atom. The molecule has 1 aromatic rings. The van der Waals surface area contributed by atoms with Crippen molar-refractivity contribution in [3.63, 3.8) is 0 Å². The Labute approximate surface area is 124 Å². The van der Waals surface area contributed by atoms with Crippen LogP contribution < -0.4 is 11.1 Å². The molecule has 0 aromatic heterocycles. The van der Waals surface area contributed by atoms with Crippen molar-refractivity contribution < 1.29 is 9.00 Å². The summed E-state index contributed by atoms with van der Waals surface area (Å²) >= 11 is 3.32. The molecule has 19 heavy (non-hydrogen) atoms. The topological polar surface area (TPSA) is 72.2 Å². The maximum absolute atomic E-state index is 11.7. The molecule has 0 spiro atoms. The van der Waals surface area contributed by atoms with E-state index < -0.39 is 10.8 Å². The molecule has 0 aliphatic carbocycles. The van der Waals surface area contributed by atoms with Crippen LogP contribution in [-0.2, 0) is 15.6 Å². The molecule has 4 nitrogen and oxygen atoms in total. The van der Waals surface area contributed by atoms with Gasteiger partial charge in [-0.25, -0.2) is 0 Å². The number of hydrogen-bond donors (Lipinski definition) is 2. The second-order valence-electron chi connectivity index (χ2n) is 4.76. The quantitative estimate of drug-likeness (QED) is 0.778. The van der Waals surface area contributed by atoms with Gasteiger partial charge in [-0.15, -0.1) is 0 Å². The number of hydrogen-bond acceptors (Lipinski definition) is 3. The van der Waals surface area contributed by atoms with Crippen molar-refractivity contribution in [3.05, 3.63) is 22.7 Å². The van der Waals surface area contributed by atoms with E-state index in [1.165, 1.54) is 0 Å². The van der Waals surface area contributed by atoms with Crippen molar-refractivity contribution in [2.24, 2.45) is 5.92 Å². The van der Waals surface area contributed by atoms with Crippen LogP contribution in [0.15, 0.2) is 22.7 Å². The minimum Gasteiger partial charge on any atom is -0.399 e. The lowest BCUT2D eigenvalue weighted by Crippen LogP contribution is -2.21. The number of anilines is 2. The largest absolute Gasteiger partial charge is 0.399 e. The van der Waals surface area contributed by atoms with E-state index in [-0.39, 0.29) is 11.7 Å². The van der Waals surface area contributed by atoms with Gasteiger partial charge in [-0.1, -0.05) is 13.8 Å². The molecule has 0 aliphatic rings. The number of carbonyl (C=O) groups is 1. The molecule has 0 saturated heterocycles. The van der Waals surface area contributed by atoms with Gasteiger partial charge in [0.15, 0.2) is 0 Å². The molecule has 106 valence electrons. The molecule has 0 saturated carbocycles. The van der Waals surface area contributed by atoms with Gasteiger partial charge in [0.1, 0.15) is 5.75 Å². The van der Waals surface area contributed by atoms with E-state index >= 15 is 0 Å². The van der Waals surface area contributed by atoms with Gasteiger partial charge in [0.2, 0.25) is 5.91 Å². The zero-order valence-corrected chi connectivity index (χ0v) is 13.5. The van der Waals surface area contributed by atoms with Crippen molar-refractivity contribution in [1.29, 1.82) is 0 Å². The minimum atomic E-state index is -1.11. The van der Waals surface area contributed by atoms with Gasteiger partial charge in [-0.05, 0) is 46.5 Å². The fourth-order valence-electron chi connectivity index (χ4n) is 1.40. The Hall–Kier alpha value is -0.880. The molecular formula is C13H19BrN2O2S. The molecule has 0 aliphatic heterocycles. The summed E-state index contributed by atoms with van der Waals surface area (Å²) in [4.78, 5) is 11.7. The van der Waals surface area contributed by atoms with Crippen LogP contribution in [0, 0.1) is 5.92 Å². The summed E-state index contributed by atoms with van der Waals surface area (Å²) < 4.78 is 12.4. The molecule has 6 heteroatoms. The molecule has 1 aromatic carbocycles. The highest BCUT2D eigenvalue weighted by molar-refractivity contribution is 9.10. The van der Waals surface area contributed by atoms with Crippen molar-refractivity contribution >= 4 is 44.0 Å². The van der Waals surface area contributed by atoms with Crippen LogP contribution in [0.4, 0.5) is 11.4 Å². The first-order chi connectivity index (χ1) is 8.88. The molecule has 1 atom stereocenters. The first kappa shape index (κ1) is 16.2. The van der Waals surface area contributed by atoms with E-state index in [4.69, 9.17) is 5.73 Å². The SMILES string of the molecule is CC(C)CCS(=O)CC(=O)Nc1ccc(N)cc1Br. The van der Waals surface area contributed by atoms with Crippen LogP contribution in [0.1, 0.15) is 20.3 Å². The average Bonchev–Trinajstić information content (AvgIpc) is 2.30. The minimum absolute atomic E-state index is 0.0313. The third kappa shape index (κ3) is 6.20. The lowest BCUT2D eigenvalue weighted by Gasteiger charge is -2.08. The van der Waals surface area contributed by atoms with Crippen molar-refractivity contribution in [2.45, 2.75) is 20.3 Å². The standard InChI is InChI=1S/C13H19BrN2O2S/c1-9(2)5-6-19(18)8-13(17)16-12-4-3-10(15)7-11(12)14/h3-4,7,9H,5-6,8,15H2,1-2H3,(H,16,17). The molecule has 3 N–H and O–H groups in total. The smallest absolute Gasteiger partial charge is 0.237 e. The van der Waals surface area contributed by atoms with Crippen LogP contribution in [-0.4, -0.2) is 21.6 Å². The Kier molecular flexibility index (Phi) is 6.51. The summed E-state index contributed by atoms with van der Waals surface area (Å²) in [5.74, 6) is 0.850. The van der Waals surface area contributed by atoms with Gasteiger partial charge in [0.25, 0.3) is 0 Å². The summed E-state index contributed by atoms with van der Waals surface area (Å²) in [5.41, 5.74) is 6.87. The molecule has 0 heterocycles. The highest BCUT2D eigenvalue weighted by Gasteiger charge is 2.10. The number of nitrogens with one attached hydrogen (secondary N) is 1. The summed E-state index contributed by atoms with van der Waals surface area (Å²) in [5, 5.41) is 2.72. The van der Waals surface area contributed by atoms with E-state index in [9.17, 15) is 9.00 Å². The summed E-state index contributed by atoms with van der Waals surface area (Å²) in [7, 11) is -1.11. The number of benzene rings is 1. The Bertz CT molecular complexity index is 478. The van der Waals surface area contributed by atoms with Gasteiger partial charge in [0, 0.05) is 26.7 Å². The summed E-state index contributed by atoms with van der Waals surface area (Å²) in [6.45, 7) is 4.14. The Morgan fingerprint density at radius 1 is 1.47 bits per heavy atom. The number of halogens is 1. The Morgan fingerprint density at radius 3 is 2.74 bits per heavy atom. The van der Waals surface area contributed by atoms with Crippen LogP contribution in [0.25, 0.3) is 0 Å². The fraction of sp³-hybridized carbons (Fsp3) is 0.462. The van der Waals surface area contributed by atoms with E-state index in [1.54, 1.807) is 18.2 Å². The zero-order valence-electron chi connectivity index (χ0n) is 11.1. The lowest BCUT2D eigenvalue weighted by atomic mass is 10.2. The van der Waals surface area contributed by atoms with Crippen LogP contribution in [0.3, 0.4) is 0 Å². The molecule has 0 bridgehead atoms. The summed E-state index contributed by atoms with van der Waals surface area (Å²) in [6.07, 6.45) is 0.867. The van der Waals surface area contributed by atoms with E-state index in [1.807, 2.05) is 0 Å². The van der Waals surface area contributed by atoms with Crippen molar-refractivity contribution in [2.75, 3.05) is 22.6 Å². The van der Waals surface area contributed by atoms with Crippen molar-refractivity contribution in [3.8, 4) is 0 Å². The highest BCUT2D eigenvalue weighted by atomic mass is 79.9. The molecular weight excluding hydrogens is 328 g/mol. The summed E-state index contributed by atoms with van der Waals surface area (Å²) in [6, 6.07) is 5.13. The third-order valence-corrected chi connectivity index (χ3v) is 4.41. The first-order valence-corrected chi connectivity index (χ1v) is 8.36. The van der Waals surface area contributed by atoms with Gasteiger partial charge >= 0.3 is 0 Å². The predicted molar refractivity (Wildman–Crippen MR) is 84.5 cm³/mol. The average molecular weight is 347 g/mol. The third-order valence-electron chi connectivity index (χ3n) is 2.48. The number of amides is 1. The number of rotatable bonds is 6. The molecule has 0 radical (unpaired) electrons. The lowest BCUT2D eigenvalue weighted by molar-refractivity contribution is -0.113. The van der Waals surface area contributed by atoms with Crippen LogP contribution in [0.5, 0.6) is 0 Å². The Balaban J connectivity index is 2.49. The number of carbonyl (C=O) groups excluding carboxylic acids is 1. The van der Waals surface area contributed by atoms with Crippen LogP contribution in [0.2, 0.25) is 0 Å². The van der Waals surface area contributed by atoms with E-state index in [0.717, 1.165) is 6.42 Å². The van der Waals surface area contributed by atoms with E-state index in [2.05, 4.69) is 35.1 Å². The second-order valence-corrected chi connectivity index (χ2v) is 7.19. The van der Waals surface area contributed by atoms with Gasteiger partial charge in [-0.3, -0.25) is 9.00 Å². The molecule has 1 unspecified atom stereocenters. The maximum atomic E-state index is 11.7. The van der Waals surface area contributed by atoms with Gasteiger partial charge in [-0.2, -0.15) is 0 Å². The predicted octanol–water partition coefficient (Wildman–Crippen LogP) is 2.76. The maximum Gasteiger partial charge on any atom is 0.237 e.